The summed E-state index contributed by atoms with van der Waals surface area (Å²) in [7, 11) is 1.53. The summed E-state index contributed by atoms with van der Waals surface area (Å²) in [5, 5.41) is 5.80. The van der Waals surface area contributed by atoms with E-state index in [1.54, 1.807) is 42.5 Å². The molecule has 0 aliphatic heterocycles. The van der Waals surface area contributed by atoms with Crippen molar-refractivity contribution in [3.05, 3.63) is 53.1 Å². The maximum atomic E-state index is 12.2. The first-order chi connectivity index (χ1) is 13.3. The number of rotatable bonds is 7. The van der Waals surface area contributed by atoms with Gasteiger partial charge < -0.3 is 20.1 Å². The minimum absolute atomic E-state index is 0.0492. The Kier molecular flexibility index (Phi) is 7.46. The Bertz CT molecular complexity index is 894. The van der Waals surface area contributed by atoms with Crippen LogP contribution in [0.5, 0.6) is 11.5 Å². The smallest absolute Gasteiger partial charge is 0.248 e. The lowest BCUT2D eigenvalue weighted by Gasteiger charge is -2.15. The lowest BCUT2D eigenvalue weighted by atomic mass is 10.1. The van der Waals surface area contributed by atoms with Gasteiger partial charge >= 0.3 is 0 Å². The first-order valence-corrected chi connectivity index (χ1v) is 9.07. The number of benzene rings is 2. The molecule has 28 heavy (non-hydrogen) atoms. The van der Waals surface area contributed by atoms with Crippen LogP contribution in [0.2, 0.25) is 5.02 Å². The number of hydrogen-bond acceptors (Lipinski definition) is 4. The maximum absolute atomic E-state index is 12.2. The minimum Gasteiger partial charge on any atom is -0.493 e. The average Bonchev–Trinajstić information content (AvgIpc) is 2.61. The number of anilines is 2. The fourth-order valence-electron chi connectivity index (χ4n) is 2.42. The summed E-state index contributed by atoms with van der Waals surface area (Å²) in [5.41, 5.74) is 1.86. The van der Waals surface area contributed by atoms with Gasteiger partial charge in [-0.15, -0.1) is 0 Å². The number of halogens is 1. The summed E-state index contributed by atoms with van der Waals surface area (Å²) in [4.78, 5) is 23.3. The van der Waals surface area contributed by atoms with Crippen LogP contribution >= 0.6 is 11.6 Å². The molecule has 0 atom stereocenters. The van der Waals surface area contributed by atoms with Crippen molar-refractivity contribution in [3.63, 3.8) is 0 Å². The molecule has 0 fully saturated rings. The van der Waals surface area contributed by atoms with Crippen molar-refractivity contribution in [1.29, 1.82) is 0 Å². The standard InChI is InChI=1S/C21H23ClN2O4/c1-13(2)28-21-18(22)10-15(11-19(21)27-4)8-9-20(26)24-17-7-5-6-16(12-17)23-14(3)25/h5-13H,1-4H3,(H,23,25)(H,24,26)/b9-8+. The highest BCUT2D eigenvalue weighted by Crippen LogP contribution is 2.37. The van der Waals surface area contributed by atoms with Gasteiger partial charge in [-0.3, -0.25) is 9.59 Å². The molecule has 0 aromatic heterocycles. The topological polar surface area (TPSA) is 76.7 Å². The molecule has 0 spiro atoms. The van der Waals surface area contributed by atoms with Gasteiger partial charge in [0.25, 0.3) is 0 Å². The van der Waals surface area contributed by atoms with Crippen molar-refractivity contribution in [2.45, 2.75) is 26.9 Å². The second kappa shape index (κ2) is 9.80. The second-order valence-corrected chi connectivity index (χ2v) is 6.69. The zero-order valence-electron chi connectivity index (χ0n) is 16.2. The van der Waals surface area contributed by atoms with Crippen molar-refractivity contribution in [1.82, 2.24) is 0 Å². The Morgan fingerprint density at radius 3 is 2.39 bits per heavy atom. The molecule has 0 heterocycles. The molecule has 2 aromatic carbocycles. The van der Waals surface area contributed by atoms with Gasteiger partial charge in [0.15, 0.2) is 11.5 Å². The molecule has 0 radical (unpaired) electrons. The van der Waals surface area contributed by atoms with E-state index in [1.807, 2.05) is 13.8 Å². The molecule has 0 bridgehead atoms. The van der Waals surface area contributed by atoms with E-state index in [0.29, 0.717) is 33.5 Å². The van der Waals surface area contributed by atoms with Gasteiger partial charge in [-0.25, -0.2) is 0 Å². The van der Waals surface area contributed by atoms with E-state index in [4.69, 9.17) is 21.1 Å². The molecule has 2 aromatic rings. The van der Waals surface area contributed by atoms with Crippen molar-refractivity contribution in [2.24, 2.45) is 0 Å². The highest BCUT2D eigenvalue weighted by molar-refractivity contribution is 6.32. The van der Waals surface area contributed by atoms with E-state index in [2.05, 4.69) is 10.6 Å². The van der Waals surface area contributed by atoms with Crippen molar-refractivity contribution >= 4 is 40.9 Å². The molecule has 2 rings (SSSR count). The highest BCUT2D eigenvalue weighted by Gasteiger charge is 2.12. The molecule has 0 saturated heterocycles. The second-order valence-electron chi connectivity index (χ2n) is 6.29. The van der Waals surface area contributed by atoms with E-state index >= 15 is 0 Å². The third-order valence-corrected chi connectivity index (χ3v) is 3.76. The molecule has 7 heteroatoms. The predicted molar refractivity (Wildman–Crippen MR) is 112 cm³/mol. The highest BCUT2D eigenvalue weighted by atomic mass is 35.5. The molecule has 0 aliphatic carbocycles. The summed E-state index contributed by atoms with van der Waals surface area (Å²) < 4.78 is 11.0. The molecule has 0 aliphatic rings. The summed E-state index contributed by atoms with van der Waals surface area (Å²) in [6.45, 7) is 5.22. The number of ether oxygens (including phenoxy) is 2. The van der Waals surface area contributed by atoms with Gasteiger partial charge in [-0.1, -0.05) is 17.7 Å². The van der Waals surface area contributed by atoms with Gasteiger partial charge in [0.2, 0.25) is 11.8 Å². The summed E-state index contributed by atoms with van der Waals surface area (Å²) >= 11 is 6.29. The summed E-state index contributed by atoms with van der Waals surface area (Å²) in [6, 6.07) is 10.3. The number of hydrogen-bond donors (Lipinski definition) is 2. The number of amides is 2. The summed E-state index contributed by atoms with van der Waals surface area (Å²) in [6.07, 6.45) is 2.96. The van der Waals surface area contributed by atoms with E-state index in [9.17, 15) is 9.59 Å². The lowest BCUT2D eigenvalue weighted by molar-refractivity contribution is -0.114. The van der Waals surface area contributed by atoms with Crippen LogP contribution in [0, 0.1) is 0 Å². The quantitative estimate of drug-likeness (QED) is 0.655. The van der Waals surface area contributed by atoms with Gasteiger partial charge in [0.1, 0.15) is 0 Å². The Balaban J connectivity index is 2.12. The molecule has 2 amide bonds. The van der Waals surface area contributed by atoms with Crippen molar-refractivity contribution in [2.75, 3.05) is 17.7 Å². The van der Waals surface area contributed by atoms with Crippen LogP contribution < -0.4 is 20.1 Å². The SMILES string of the molecule is COc1cc(/C=C/C(=O)Nc2cccc(NC(C)=O)c2)cc(Cl)c1OC(C)C. The first kappa shape index (κ1) is 21.3. The van der Waals surface area contributed by atoms with Gasteiger partial charge in [0.05, 0.1) is 18.2 Å². The lowest BCUT2D eigenvalue weighted by Crippen LogP contribution is -2.09. The predicted octanol–water partition coefficient (Wildman–Crippen LogP) is 4.75. The van der Waals surface area contributed by atoms with Crippen LogP contribution in [-0.4, -0.2) is 25.0 Å². The van der Waals surface area contributed by atoms with Gasteiger partial charge in [0, 0.05) is 24.4 Å². The maximum Gasteiger partial charge on any atom is 0.248 e. The van der Waals surface area contributed by atoms with E-state index < -0.39 is 0 Å². The number of nitrogens with one attached hydrogen (secondary N) is 2. The van der Waals surface area contributed by atoms with Crippen LogP contribution in [0.1, 0.15) is 26.3 Å². The van der Waals surface area contributed by atoms with E-state index in [0.717, 1.165) is 0 Å². The Morgan fingerprint density at radius 2 is 1.79 bits per heavy atom. The van der Waals surface area contributed by atoms with Crippen LogP contribution in [0.15, 0.2) is 42.5 Å². The average molecular weight is 403 g/mol. The molecule has 2 N–H and O–H groups in total. The largest absolute Gasteiger partial charge is 0.493 e. The number of carbonyl (C=O) groups excluding carboxylic acids is 2. The summed E-state index contributed by atoms with van der Waals surface area (Å²) in [5.74, 6) is 0.455. The molecular formula is C21H23ClN2O4. The van der Waals surface area contributed by atoms with Crippen molar-refractivity contribution < 1.29 is 19.1 Å². The molecule has 0 unspecified atom stereocenters. The number of carbonyl (C=O) groups is 2. The first-order valence-electron chi connectivity index (χ1n) is 8.69. The normalized spacial score (nSPS) is 10.8. The monoisotopic (exact) mass is 402 g/mol. The van der Waals surface area contributed by atoms with E-state index in [1.165, 1.54) is 20.1 Å². The minimum atomic E-state index is -0.322. The molecule has 148 valence electrons. The number of methoxy groups -OCH3 is 1. The molecule has 0 saturated carbocycles. The van der Waals surface area contributed by atoms with Crippen LogP contribution in [0.4, 0.5) is 11.4 Å². The van der Waals surface area contributed by atoms with Crippen LogP contribution in [0.25, 0.3) is 6.08 Å². The zero-order valence-corrected chi connectivity index (χ0v) is 17.0. The van der Waals surface area contributed by atoms with E-state index in [-0.39, 0.29) is 17.9 Å². The van der Waals surface area contributed by atoms with Gasteiger partial charge in [-0.2, -0.15) is 0 Å². The third kappa shape index (κ3) is 6.32. The fraction of sp³-hybridized carbons (Fsp3) is 0.238. The fourth-order valence-corrected chi connectivity index (χ4v) is 2.68. The molecule has 6 nitrogen and oxygen atoms in total. The van der Waals surface area contributed by atoms with Gasteiger partial charge in [-0.05, 0) is 55.8 Å². The van der Waals surface area contributed by atoms with Crippen LogP contribution in [-0.2, 0) is 9.59 Å². The molecular weight excluding hydrogens is 380 g/mol. The Morgan fingerprint density at radius 1 is 1.11 bits per heavy atom. The third-order valence-electron chi connectivity index (χ3n) is 3.48. The Labute approximate surface area is 169 Å². The van der Waals surface area contributed by atoms with Crippen LogP contribution in [0.3, 0.4) is 0 Å². The Hall–Kier alpha value is -2.99. The van der Waals surface area contributed by atoms with Crippen molar-refractivity contribution in [3.8, 4) is 11.5 Å². The zero-order chi connectivity index (χ0) is 20.7.